The smallest absolute Gasteiger partial charge is 0.342 e. The molecule has 0 radical (unpaired) electrons. The fourth-order valence-electron chi connectivity index (χ4n) is 3.22. The van der Waals surface area contributed by atoms with E-state index < -0.39 is 5.97 Å². The van der Waals surface area contributed by atoms with Gasteiger partial charge in [0, 0.05) is 22.2 Å². The molecule has 36 heavy (non-hydrogen) atoms. The number of carboxylic acids is 1. The van der Waals surface area contributed by atoms with Gasteiger partial charge in [-0.3, -0.25) is 5.10 Å². The Kier molecular flexibility index (Phi) is 8.14. The van der Waals surface area contributed by atoms with E-state index in [0.29, 0.717) is 45.8 Å². The van der Waals surface area contributed by atoms with Crippen LogP contribution in [0.25, 0.3) is 17.5 Å². The SMILES string of the molecule is COc1cc(OC)cc(-c2nc(S/C(=C\c3cccc(OCc4ccccc4Cl)c3)C(=O)O)n[nH]2)c1. The first-order valence-electron chi connectivity index (χ1n) is 10.7. The summed E-state index contributed by atoms with van der Waals surface area (Å²) in [4.78, 5) is 16.4. The van der Waals surface area contributed by atoms with Crippen molar-refractivity contribution in [2.75, 3.05) is 14.2 Å². The van der Waals surface area contributed by atoms with Crippen molar-refractivity contribution < 1.29 is 24.1 Å². The van der Waals surface area contributed by atoms with E-state index in [2.05, 4.69) is 15.2 Å². The van der Waals surface area contributed by atoms with Gasteiger partial charge in [0.1, 0.15) is 28.8 Å². The van der Waals surface area contributed by atoms with Crippen LogP contribution < -0.4 is 14.2 Å². The van der Waals surface area contributed by atoms with E-state index in [1.807, 2.05) is 18.2 Å². The Morgan fingerprint density at radius 1 is 1.03 bits per heavy atom. The van der Waals surface area contributed by atoms with Gasteiger partial charge in [-0.2, -0.15) is 0 Å². The number of H-pyrrole nitrogens is 1. The topological polar surface area (TPSA) is 107 Å². The molecule has 0 unspecified atom stereocenters. The van der Waals surface area contributed by atoms with Crippen molar-refractivity contribution in [3.8, 4) is 28.6 Å². The van der Waals surface area contributed by atoms with E-state index >= 15 is 0 Å². The number of halogens is 1. The summed E-state index contributed by atoms with van der Waals surface area (Å²) in [6.07, 6.45) is 1.54. The molecule has 4 aromatic rings. The summed E-state index contributed by atoms with van der Waals surface area (Å²) in [6.45, 7) is 0.294. The number of aromatic amines is 1. The number of rotatable bonds is 10. The number of carbonyl (C=O) groups is 1. The van der Waals surface area contributed by atoms with Gasteiger partial charge in [0.2, 0.25) is 5.16 Å². The van der Waals surface area contributed by atoms with Crippen molar-refractivity contribution in [1.82, 2.24) is 15.2 Å². The normalized spacial score (nSPS) is 11.2. The molecule has 0 amide bonds. The average molecular weight is 524 g/mol. The number of benzene rings is 3. The van der Waals surface area contributed by atoms with Crippen LogP contribution in [0.3, 0.4) is 0 Å². The zero-order chi connectivity index (χ0) is 25.5. The second-order valence-corrected chi connectivity index (χ2v) is 8.85. The third kappa shape index (κ3) is 6.38. The largest absolute Gasteiger partial charge is 0.497 e. The number of aromatic nitrogens is 3. The molecule has 10 heteroatoms. The molecule has 0 aliphatic carbocycles. The first-order chi connectivity index (χ1) is 17.4. The molecule has 0 aliphatic rings. The van der Waals surface area contributed by atoms with Crippen molar-refractivity contribution in [2.45, 2.75) is 11.8 Å². The Morgan fingerprint density at radius 3 is 2.47 bits per heavy atom. The minimum absolute atomic E-state index is 0.0482. The van der Waals surface area contributed by atoms with Crippen LogP contribution in [0.1, 0.15) is 11.1 Å². The zero-order valence-corrected chi connectivity index (χ0v) is 21.0. The number of carboxylic acid groups (broad SMARTS) is 1. The van der Waals surface area contributed by atoms with Crippen molar-refractivity contribution in [3.63, 3.8) is 0 Å². The molecule has 0 spiro atoms. The maximum absolute atomic E-state index is 12.0. The summed E-state index contributed by atoms with van der Waals surface area (Å²) >= 11 is 7.12. The second kappa shape index (κ2) is 11.7. The Balaban J connectivity index is 1.51. The van der Waals surface area contributed by atoms with E-state index in [0.717, 1.165) is 17.3 Å². The summed E-state index contributed by atoms with van der Waals surface area (Å²) in [5.74, 6) is 1.13. The predicted molar refractivity (Wildman–Crippen MR) is 139 cm³/mol. The average Bonchev–Trinajstić information content (AvgIpc) is 3.36. The maximum Gasteiger partial charge on any atom is 0.342 e. The van der Waals surface area contributed by atoms with Crippen LogP contribution in [0, 0.1) is 0 Å². The predicted octanol–water partition coefficient (Wildman–Crippen LogP) is 5.94. The molecule has 0 fully saturated rings. The highest BCUT2D eigenvalue weighted by molar-refractivity contribution is 8.04. The first kappa shape index (κ1) is 25.2. The molecular formula is C26H22ClN3O5S. The van der Waals surface area contributed by atoms with Crippen LogP contribution in [0.15, 0.2) is 76.8 Å². The lowest BCUT2D eigenvalue weighted by atomic mass is 10.2. The summed E-state index contributed by atoms with van der Waals surface area (Å²) in [5, 5.41) is 17.6. The van der Waals surface area contributed by atoms with Gasteiger partial charge < -0.3 is 19.3 Å². The summed E-state index contributed by atoms with van der Waals surface area (Å²) in [5.41, 5.74) is 2.20. The van der Waals surface area contributed by atoms with Gasteiger partial charge in [0.25, 0.3) is 0 Å². The third-order valence-corrected chi connectivity index (χ3v) is 6.26. The Bertz CT molecular complexity index is 1380. The molecule has 0 saturated heterocycles. The zero-order valence-electron chi connectivity index (χ0n) is 19.4. The van der Waals surface area contributed by atoms with Crippen molar-refractivity contribution in [2.24, 2.45) is 0 Å². The fourth-order valence-corrected chi connectivity index (χ4v) is 4.12. The third-order valence-electron chi connectivity index (χ3n) is 5.01. The van der Waals surface area contributed by atoms with Gasteiger partial charge in [-0.1, -0.05) is 41.9 Å². The molecule has 0 saturated carbocycles. The number of ether oxygens (including phenoxy) is 3. The highest BCUT2D eigenvalue weighted by atomic mass is 35.5. The van der Waals surface area contributed by atoms with Crippen molar-refractivity contribution >= 4 is 35.4 Å². The monoisotopic (exact) mass is 523 g/mol. The minimum atomic E-state index is -1.10. The van der Waals surface area contributed by atoms with Crippen LogP contribution in [0.2, 0.25) is 5.02 Å². The quantitative estimate of drug-likeness (QED) is 0.194. The van der Waals surface area contributed by atoms with Crippen LogP contribution in [-0.4, -0.2) is 40.5 Å². The minimum Gasteiger partial charge on any atom is -0.497 e. The van der Waals surface area contributed by atoms with Crippen molar-refractivity contribution in [1.29, 1.82) is 0 Å². The molecule has 0 aliphatic heterocycles. The summed E-state index contributed by atoms with van der Waals surface area (Å²) in [6, 6.07) is 19.9. The van der Waals surface area contributed by atoms with Crippen molar-refractivity contribution in [3.05, 3.63) is 87.8 Å². The number of thioether (sulfide) groups is 1. The van der Waals surface area contributed by atoms with E-state index in [4.69, 9.17) is 25.8 Å². The van der Waals surface area contributed by atoms with Crippen LogP contribution in [0.4, 0.5) is 0 Å². The van der Waals surface area contributed by atoms with Gasteiger partial charge in [-0.25, -0.2) is 9.78 Å². The molecule has 0 atom stereocenters. The summed E-state index contributed by atoms with van der Waals surface area (Å²) in [7, 11) is 3.11. The lowest BCUT2D eigenvalue weighted by molar-refractivity contribution is -0.131. The van der Waals surface area contributed by atoms with Crippen LogP contribution >= 0.6 is 23.4 Å². The molecule has 3 aromatic carbocycles. The maximum atomic E-state index is 12.0. The van der Waals surface area contributed by atoms with E-state index in [-0.39, 0.29) is 10.1 Å². The fraction of sp³-hybridized carbons (Fsp3) is 0.115. The second-order valence-electron chi connectivity index (χ2n) is 7.44. The molecule has 0 bridgehead atoms. The number of hydrogen-bond acceptors (Lipinski definition) is 7. The van der Waals surface area contributed by atoms with E-state index in [1.54, 1.807) is 68.8 Å². The first-order valence-corrected chi connectivity index (χ1v) is 11.9. The van der Waals surface area contributed by atoms with Crippen LogP contribution in [0.5, 0.6) is 17.2 Å². The molecule has 1 aromatic heterocycles. The Hall–Kier alpha value is -3.95. The number of methoxy groups -OCH3 is 2. The van der Waals surface area contributed by atoms with Crippen LogP contribution in [-0.2, 0) is 11.4 Å². The Labute approximate surface area is 216 Å². The highest BCUT2D eigenvalue weighted by Crippen LogP contribution is 2.31. The van der Waals surface area contributed by atoms with Gasteiger partial charge in [-0.15, -0.1) is 5.10 Å². The Morgan fingerprint density at radius 2 is 1.78 bits per heavy atom. The standard InChI is InChI=1S/C26H22ClN3O5S/c1-33-20-12-18(13-21(14-20)34-2)24-28-26(30-29-24)36-23(25(31)32)11-16-6-5-8-19(10-16)35-15-17-7-3-4-9-22(17)27/h3-14H,15H2,1-2H3,(H,31,32)(H,28,29,30)/b23-11-. The molecule has 2 N–H and O–H groups in total. The number of nitrogens with one attached hydrogen (secondary N) is 1. The lowest BCUT2D eigenvalue weighted by Crippen LogP contribution is -1.98. The molecule has 4 rings (SSSR count). The number of nitrogens with zero attached hydrogens (tertiary/aromatic N) is 2. The molecule has 8 nitrogen and oxygen atoms in total. The van der Waals surface area contributed by atoms with E-state index in [9.17, 15) is 9.90 Å². The van der Waals surface area contributed by atoms with Gasteiger partial charge in [-0.05, 0) is 53.7 Å². The molecule has 1 heterocycles. The summed E-state index contributed by atoms with van der Waals surface area (Å²) < 4.78 is 16.4. The number of aliphatic carboxylic acids is 1. The number of hydrogen-bond donors (Lipinski definition) is 2. The van der Waals surface area contributed by atoms with Gasteiger partial charge in [0.15, 0.2) is 5.82 Å². The molecule has 184 valence electrons. The van der Waals surface area contributed by atoms with Gasteiger partial charge in [0.05, 0.1) is 14.2 Å². The van der Waals surface area contributed by atoms with E-state index in [1.165, 1.54) is 0 Å². The molecular weight excluding hydrogens is 502 g/mol. The van der Waals surface area contributed by atoms with Gasteiger partial charge >= 0.3 is 5.97 Å². The lowest BCUT2D eigenvalue weighted by Gasteiger charge is -2.08. The highest BCUT2D eigenvalue weighted by Gasteiger charge is 2.15.